The Labute approximate surface area is 106 Å². The lowest BCUT2D eigenvalue weighted by molar-refractivity contribution is -0.122. The van der Waals surface area contributed by atoms with Gasteiger partial charge in [-0.1, -0.05) is 40.5 Å². The predicted octanol–water partition coefficient (Wildman–Crippen LogP) is 2.32. The van der Waals surface area contributed by atoms with E-state index < -0.39 is 0 Å². The van der Waals surface area contributed by atoms with Crippen molar-refractivity contribution >= 4 is 5.91 Å². The van der Waals surface area contributed by atoms with Gasteiger partial charge in [0, 0.05) is 25.0 Å². The molecule has 3 unspecified atom stereocenters. The molecule has 1 aliphatic rings. The van der Waals surface area contributed by atoms with Gasteiger partial charge in [0.2, 0.25) is 5.91 Å². The van der Waals surface area contributed by atoms with Gasteiger partial charge in [-0.05, 0) is 18.3 Å². The van der Waals surface area contributed by atoms with Crippen LogP contribution in [0.3, 0.4) is 0 Å². The number of nitrogens with one attached hydrogen (secondary N) is 2. The van der Waals surface area contributed by atoms with E-state index in [1.54, 1.807) is 0 Å². The zero-order valence-electron chi connectivity index (χ0n) is 11.8. The van der Waals surface area contributed by atoms with Crippen LogP contribution in [0.1, 0.15) is 53.4 Å². The maximum absolute atomic E-state index is 11.8. The van der Waals surface area contributed by atoms with Crippen molar-refractivity contribution in [1.82, 2.24) is 10.6 Å². The van der Waals surface area contributed by atoms with Crippen molar-refractivity contribution in [2.75, 3.05) is 6.54 Å². The highest BCUT2D eigenvalue weighted by atomic mass is 16.1. The van der Waals surface area contributed by atoms with Crippen LogP contribution in [-0.2, 0) is 4.79 Å². The normalized spacial score (nSPS) is 29.4. The largest absolute Gasteiger partial charge is 0.353 e. The zero-order chi connectivity index (χ0) is 12.8. The van der Waals surface area contributed by atoms with Crippen LogP contribution in [0.25, 0.3) is 0 Å². The Morgan fingerprint density at radius 3 is 2.65 bits per heavy atom. The van der Waals surface area contributed by atoms with Crippen LogP contribution in [0.5, 0.6) is 0 Å². The minimum Gasteiger partial charge on any atom is -0.353 e. The molecule has 0 saturated heterocycles. The summed E-state index contributed by atoms with van der Waals surface area (Å²) in [5.74, 6) is 1.55. The van der Waals surface area contributed by atoms with Gasteiger partial charge < -0.3 is 10.6 Å². The maximum Gasteiger partial charge on any atom is 0.221 e. The van der Waals surface area contributed by atoms with Crippen molar-refractivity contribution in [1.29, 1.82) is 0 Å². The van der Waals surface area contributed by atoms with Crippen LogP contribution in [0.15, 0.2) is 0 Å². The minimum absolute atomic E-state index is 0.198. The van der Waals surface area contributed by atoms with Crippen molar-refractivity contribution in [3.63, 3.8) is 0 Å². The predicted molar refractivity (Wildman–Crippen MR) is 71.9 cm³/mol. The summed E-state index contributed by atoms with van der Waals surface area (Å²) in [7, 11) is 0. The molecule has 1 fully saturated rings. The lowest BCUT2D eigenvalue weighted by Gasteiger charge is -2.34. The van der Waals surface area contributed by atoms with Crippen molar-refractivity contribution in [3.05, 3.63) is 0 Å². The van der Waals surface area contributed by atoms with Gasteiger partial charge in [-0.2, -0.15) is 0 Å². The first kappa shape index (κ1) is 14.5. The number of amides is 1. The fraction of sp³-hybridized carbons (Fsp3) is 0.929. The summed E-state index contributed by atoms with van der Waals surface area (Å²) >= 11 is 0. The fourth-order valence-corrected chi connectivity index (χ4v) is 2.54. The fourth-order valence-electron chi connectivity index (χ4n) is 2.54. The number of hydrogen-bond donors (Lipinski definition) is 2. The molecule has 2 N–H and O–H groups in total. The molecule has 0 aromatic carbocycles. The van der Waals surface area contributed by atoms with Crippen LogP contribution in [-0.4, -0.2) is 24.5 Å². The van der Waals surface area contributed by atoms with E-state index in [-0.39, 0.29) is 5.91 Å². The Bertz CT molecular complexity index is 240. The second kappa shape index (κ2) is 7.00. The molecule has 0 aromatic heterocycles. The van der Waals surface area contributed by atoms with Crippen LogP contribution < -0.4 is 10.6 Å². The Morgan fingerprint density at radius 2 is 2.00 bits per heavy atom. The van der Waals surface area contributed by atoms with Crippen molar-refractivity contribution < 1.29 is 4.79 Å². The number of carbonyl (C=O) groups is 1. The van der Waals surface area contributed by atoms with E-state index in [4.69, 9.17) is 0 Å². The zero-order valence-corrected chi connectivity index (χ0v) is 11.8. The molecule has 3 heteroatoms. The van der Waals surface area contributed by atoms with E-state index in [0.29, 0.717) is 24.4 Å². The molecule has 0 aliphatic heterocycles. The minimum atomic E-state index is 0.198. The van der Waals surface area contributed by atoms with E-state index in [2.05, 4.69) is 38.3 Å². The van der Waals surface area contributed by atoms with E-state index in [1.807, 2.05) is 0 Å². The second-order valence-electron chi connectivity index (χ2n) is 5.80. The lowest BCUT2D eigenvalue weighted by atomic mass is 9.78. The van der Waals surface area contributed by atoms with E-state index in [9.17, 15) is 4.79 Å². The third kappa shape index (κ3) is 5.07. The molecule has 0 bridgehead atoms. The molecule has 100 valence electrons. The molecule has 0 radical (unpaired) electrons. The molecule has 1 amide bonds. The Kier molecular flexibility index (Phi) is 5.96. The van der Waals surface area contributed by atoms with Crippen LogP contribution in [0, 0.1) is 11.8 Å². The summed E-state index contributed by atoms with van der Waals surface area (Å²) in [6.45, 7) is 9.54. The molecule has 3 atom stereocenters. The Balaban J connectivity index is 2.25. The standard InChI is InChI=1S/C14H28N2O/c1-10(2)15-9-8-14(17)16-13-7-5-6-11(3)12(13)4/h10-13,15H,5-9H2,1-4H3,(H,16,17). The Morgan fingerprint density at radius 1 is 1.29 bits per heavy atom. The molecule has 1 aliphatic carbocycles. The summed E-state index contributed by atoms with van der Waals surface area (Å²) in [4.78, 5) is 11.8. The molecular weight excluding hydrogens is 212 g/mol. The molecule has 0 aromatic rings. The maximum atomic E-state index is 11.8. The van der Waals surface area contributed by atoms with E-state index >= 15 is 0 Å². The van der Waals surface area contributed by atoms with E-state index in [1.165, 1.54) is 12.8 Å². The first-order valence-corrected chi connectivity index (χ1v) is 7.03. The van der Waals surface area contributed by atoms with Crippen molar-refractivity contribution in [3.8, 4) is 0 Å². The van der Waals surface area contributed by atoms with Crippen LogP contribution in [0.2, 0.25) is 0 Å². The average molecular weight is 240 g/mol. The molecule has 1 rings (SSSR count). The van der Waals surface area contributed by atoms with Gasteiger partial charge in [0.15, 0.2) is 0 Å². The van der Waals surface area contributed by atoms with Gasteiger partial charge >= 0.3 is 0 Å². The smallest absolute Gasteiger partial charge is 0.221 e. The van der Waals surface area contributed by atoms with Crippen molar-refractivity contribution in [2.45, 2.75) is 65.5 Å². The third-order valence-electron chi connectivity index (χ3n) is 3.96. The quantitative estimate of drug-likeness (QED) is 0.774. The molecule has 3 nitrogen and oxygen atoms in total. The highest BCUT2D eigenvalue weighted by molar-refractivity contribution is 5.76. The molecule has 0 spiro atoms. The van der Waals surface area contributed by atoms with Gasteiger partial charge in [-0.15, -0.1) is 0 Å². The van der Waals surface area contributed by atoms with Gasteiger partial charge in [-0.25, -0.2) is 0 Å². The highest BCUT2D eigenvalue weighted by Crippen LogP contribution is 2.29. The van der Waals surface area contributed by atoms with Crippen LogP contribution >= 0.6 is 0 Å². The molecule has 1 saturated carbocycles. The third-order valence-corrected chi connectivity index (χ3v) is 3.96. The number of hydrogen-bond acceptors (Lipinski definition) is 2. The summed E-state index contributed by atoms with van der Waals surface area (Å²) in [5, 5.41) is 6.47. The summed E-state index contributed by atoms with van der Waals surface area (Å²) in [5.41, 5.74) is 0. The molecular formula is C14H28N2O. The SMILES string of the molecule is CC(C)NCCC(=O)NC1CCCC(C)C1C. The van der Waals surface area contributed by atoms with Gasteiger partial charge in [0.1, 0.15) is 0 Å². The highest BCUT2D eigenvalue weighted by Gasteiger charge is 2.27. The topological polar surface area (TPSA) is 41.1 Å². The molecule has 17 heavy (non-hydrogen) atoms. The van der Waals surface area contributed by atoms with Crippen molar-refractivity contribution in [2.24, 2.45) is 11.8 Å². The first-order chi connectivity index (χ1) is 8.00. The van der Waals surface area contributed by atoms with Gasteiger partial charge in [-0.3, -0.25) is 4.79 Å². The summed E-state index contributed by atoms with van der Waals surface area (Å²) in [6, 6.07) is 0.849. The second-order valence-corrected chi connectivity index (χ2v) is 5.80. The van der Waals surface area contributed by atoms with E-state index in [0.717, 1.165) is 18.9 Å². The summed E-state index contributed by atoms with van der Waals surface area (Å²) < 4.78 is 0. The van der Waals surface area contributed by atoms with Gasteiger partial charge in [0.25, 0.3) is 0 Å². The first-order valence-electron chi connectivity index (χ1n) is 7.03. The number of rotatable bonds is 5. The summed E-state index contributed by atoms with van der Waals surface area (Å²) in [6.07, 6.45) is 4.30. The number of carbonyl (C=O) groups excluding carboxylic acids is 1. The van der Waals surface area contributed by atoms with Gasteiger partial charge in [0.05, 0.1) is 0 Å². The van der Waals surface area contributed by atoms with Crippen LogP contribution in [0.4, 0.5) is 0 Å². The lowest BCUT2D eigenvalue weighted by Crippen LogP contribution is -2.44. The average Bonchev–Trinajstić information content (AvgIpc) is 2.24. The molecule has 0 heterocycles. The monoisotopic (exact) mass is 240 g/mol. The Hall–Kier alpha value is -0.570.